The molecular formula is C26H24Cl3N5OS. The van der Waals surface area contributed by atoms with E-state index in [9.17, 15) is 4.79 Å². The van der Waals surface area contributed by atoms with E-state index in [1.165, 1.54) is 6.08 Å². The van der Waals surface area contributed by atoms with Gasteiger partial charge in [-0.15, -0.1) is 0 Å². The van der Waals surface area contributed by atoms with Gasteiger partial charge in [-0.1, -0.05) is 83.3 Å². The molecule has 3 aromatic carbocycles. The third-order valence-electron chi connectivity index (χ3n) is 4.96. The second kappa shape index (κ2) is 12.8. The van der Waals surface area contributed by atoms with Crippen molar-refractivity contribution in [1.29, 1.82) is 0 Å². The molecule has 36 heavy (non-hydrogen) atoms. The number of carbonyl (C=O) groups is 1. The highest BCUT2D eigenvalue weighted by molar-refractivity contribution is 7.80. The highest BCUT2D eigenvalue weighted by Crippen LogP contribution is 2.29. The summed E-state index contributed by atoms with van der Waals surface area (Å²) in [5.41, 5.74) is 5.00. The Bertz CT molecular complexity index is 1280. The Kier molecular flexibility index (Phi) is 9.84. The van der Waals surface area contributed by atoms with Crippen LogP contribution >= 0.6 is 47.0 Å². The van der Waals surface area contributed by atoms with Gasteiger partial charge < -0.3 is 16.0 Å². The van der Waals surface area contributed by atoms with E-state index < -0.39 is 15.9 Å². The van der Waals surface area contributed by atoms with E-state index in [1.807, 2.05) is 86.6 Å². The molecule has 0 aromatic heterocycles. The largest absolute Gasteiger partial charge is 0.339 e. The fraction of sp³-hybridized carbons (Fsp3) is 0.154. The Labute approximate surface area is 230 Å². The molecule has 0 spiro atoms. The van der Waals surface area contributed by atoms with Crippen molar-refractivity contribution in [3.8, 4) is 0 Å². The maximum absolute atomic E-state index is 12.4. The molecule has 3 rings (SSSR count). The van der Waals surface area contributed by atoms with Crippen LogP contribution in [0, 0.1) is 13.8 Å². The van der Waals surface area contributed by atoms with Crippen molar-refractivity contribution in [2.75, 3.05) is 5.32 Å². The number of alkyl halides is 3. The van der Waals surface area contributed by atoms with Crippen LogP contribution in [0.25, 0.3) is 6.08 Å². The summed E-state index contributed by atoms with van der Waals surface area (Å²) < 4.78 is -1.86. The lowest BCUT2D eigenvalue weighted by atomic mass is 10.2. The Morgan fingerprint density at radius 1 is 0.917 bits per heavy atom. The number of nitrogens with one attached hydrogen (secondary N) is 3. The molecule has 1 unspecified atom stereocenters. The summed E-state index contributed by atoms with van der Waals surface area (Å²) in [6.07, 6.45) is 1.92. The molecule has 0 saturated heterocycles. The molecule has 6 nitrogen and oxygen atoms in total. The average Bonchev–Trinajstić information content (AvgIpc) is 2.83. The number of benzene rings is 3. The molecule has 3 aromatic rings. The van der Waals surface area contributed by atoms with Crippen LogP contribution in [0.5, 0.6) is 0 Å². The highest BCUT2D eigenvalue weighted by atomic mass is 35.6. The lowest BCUT2D eigenvalue weighted by Crippen LogP contribution is -2.55. The van der Waals surface area contributed by atoms with Gasteiger partial charge >= 0.3 is 0 Å². The van der Waals surface area contributed by atoms with Crippen LogP contribution in [0.1, 0.15) is 16.7 Å². The van der Waals surface area contributed by atoms with Gasteiger partial charge in [0.15, 0.2) is 5.11 Å². The highest BCUT2D eigenvalue weighted by Gasteiger charge is 2.34. The molecule has 1 atom stereocenters. The minimum Gasteiger partial charge on any atom is -0.339 e. The predicted octanol–water partition coefficient (Wildman–Crippen LogP) is 7.53. The summed E-state index contributed by atoms with van der Waals surface area (Å²) in [6, 6.07) is 22.6. The number of hydrogen-bond donors (Lipinski definition) is 3. The van der Waals surface area contributed by atoms with Crippen LogP contribution in [0.3, 0.4) is 0 Å². The topological polar surface area (TPSA) is 77.9 Å². The number of amides is 1. The van der Waals surface area contributed by atoms with Crippen LogP contribution in [-0.2, 0) is 4.79 Å². The van der Waals surface area contributed by atoms with Crippen molar-refractivity contribution in [2.24, 2.45) is 10.2 Å². The monoisotopic (exact) mass is 559 g/mol. The molecule has 0 bridgehead atoms. The van der Waals surface area contributed by atoms with E-state index in [0.717, 1.165) is 28.1 Å². The van der Waals surface area contributed by atoms with Crippen molar-refractivity contribution in [3.05, 3.63) is 95.6 Å². The number of nitrogens with zero attached hydrogens (tertiary/aromatic N) is 2. The number of halogens is 3. The first-order chi connectivity index (χ1) is 17.1. The summed E-state index contributed by atoms with van der Waals surface area (Å²) in [5.74, 6) is -0.454. The Hall–Kier alpha value is -2.97. The lowest BCUT2D eigenvalue weighted by molar-refractivity contribution is -0.117. The van der Waals surface area contributed by atoms with Crippen molar-refractivity contribution in [1.82, 2.24) is 10.6 Å². The third kappa shape index (κ3) is 8.60. The van der Waals surface area contributed by atoms with E-state index in [-0.39, 0.29) is 5.11 Å². The van der Waals surface area contributed by atoms with Crippen LogP contribution < -0.4 is 16.0 Å². The van der Waals surface area contributed by atoms with Gasteiger partial charge in [-0.25, -0.2) is 0 Å². The molecular weight excluding hydrogens is 537 g/mol. The second-order valence-electron chi connectivity index (χ2n) is 7.81. The molecule has 0 radical (unpaired) electrons. The van der Waals surface area contributed by atoms with Gasteiger partial charge in [0.05, 0.1) is 11.4 Å². The Morgan fingerprint density at radius 2 is 1.61 bits per heavy atom. The molecule has 0 aliphatic carbocycles. The fourth-order valence-corrected chi connectivity index (χ4v) is 3.61. The number of carbonyl (C=O) groups excluding carboxylic acids is 1. The smallest absolute Gasteiger partial charge is 0.245 e. The Balaban J connectivity index is 1.62. The van der Waals surface area contributed by atoms with E-state index in [1.54, 1.807) is 6.08 Å². The Morgan fingerprint density at radius 3 is 2.28 bits per heavy atom. The fourth-order valence-electron chi connectivity index (χ4n) is 3.05. The van der Waals surface area contributed by atoms with Gasteiger partial charge in [0.25, 0.3) is 0 Å². The van der Waals surface area contributed by atoms with Crippen molar-refractivity contribution >= 4 is 81.2 Å². The van der Waals surface area contributed by atoms with Crippen LogP contribution in [-0.4, -0.2) is 21.0 Å². The first-order valence-corrected chi connectivity index (χ1v) is 12.4. The minimum atomic E-state index is -1.86. The molecule has 0 saturated carbocycles. The van der Waals surface area contributed by atoms with Crippen molar-refractivity contribution in [2.45, 2.75) is 23.8 Å². The van der Waals surface area contributed by atoms with Gasteiger partial charge in [0.1, 0.15) is 6.17 Å². The summed E-state index contributed by atoms with van der Waals surface area (Å²) in [7, 11) is 0. The first-order valence-electron chi connectivity index (χ1n) is 10.9. The van der Waals surface area contributed by atoms with Crippen LogP contribution in [0.4, 0.5) is 17.1 Å². The van der Waals surface area contributed by atoms with E-state index in [4.69, 9.17) is 47.0 Å². The molecule has 0 fully saturated rings. The van der Waals surface area contributed by atoms with E-state index in [2.05, 4.69) is 26.2 Å². The standard InChI is InChI=1S/C26H24Cl3N5OS/c1-17-8-6-7-11-22(17)34-33-20-13-14-21(18(2)16-20)30-25(36)32-24(26(27,28)29)31-23(35)15-12-19-9-4-3-5-10-19/h3-16,24H,1-2H3,(H,31,35)(H2,30,32,36)/b15-12+,34-33?. The summed E-state index contributed by atoms with van der Waals surface area (Å²) >= 11 is 23.6. The van der Waals surface area contributed by atoms with Crippen molar-refractivity contribution < 1.29 is 4.79 Å². The van der Waals surface area contributed by atoms with Gasteiger partial charge in [-0.3, -0.25) is 4.79 Å². The number of rotatable bonds is 7. The minimum absolute atomic E-state index is 0.163. The zero-order valence-corrected chi connectivity index (χ0v) is 22.6. The maximum Gasteiger partial charge on any atom is 0.245 e. The van der Waals surface area contributed by atoms with Gasteiger partial charge in [-0.05, 0) is 73.1 Å². The van der Waals surface area contributed by atoms with E-state index in [0.29, 0.717) is 5.69 Å². The average molecular weight is 561 g/mol. The second-order valence-corrected chi connectivity index (χ2v) is 10.6. The zero-order valence-electron chi connectivity index (χ0n) is 19.5. The molecule has 1 amide bonds. The zero-order chi connectivity index (χ0) is 26.1. The SMILES string of the molecule is Cc1ccccc1N=Nc1ccc(NC(=S)NC(NC(=O)/C=C/c2ccccc2)C(Cl)(Cl)Cl)c(C)c1. The number of hydrogen-bond acceptors (Lipinski definition) is 4. The number of azo groups is 1. The van der Waals surface area contributed by atoms with Crippen LogP contribution in [0.2, 0.25) is 0 Å². The lowest BCUT2D eigenvalue weighted by Gasteiger charge is -2.27. The molecule has 186 valence electrons. The summed E-state index contributed by atoms with van der Waals surface area (Å²) in [4.78, 5) is 12.4. The first kappa shape index (κ1) is 27.6. The van der Waals surface area contributed by atoms with Gasteiger partial charge in [0.2, 0.25) is 9.70 Å². The normalized spacial score (nSPS) is 12.5. The molecule has 0 aliphatic rings. The van der Waals surface area contributed by atoms with Crippen molar-refractivity contribution in [3.63, 3.8) is 0 Å². The van der Waals surface area contributed by atoms with Gasteiger partial charge in [-0.2, -0.15) is 10.2 Å². The van der Waals surface area contributed by atoms with Gasteiger partial charge in [0, 0.05) is 11.8 Å². The van der Waals surface area contributed by atoms with Crippen LogP contribution in [0.15, 0.2) is 89.1 Å². The van der Waals surface area contributed by atoms with E-state index >= 15 is 0 Å². The quantitative estimate of drug-likeness (QED) is 0.0917. The predicted molar refractivity (Wildman–Crippen MR) is 154 cm³/mol. The molecule has 10 heteroatoms. The summed E-state index contributed by atoms with van der Waals surface area (Å²) in [5, 5.41) is 17.3. The third-order valence-corrected chi connectivity index (χ3v) is 5.84. The number of aryl methyl sites for hydroxylation is 2. The number of anilines is 1. The summed E-state index contributed by atoms with van der Waals surface area (Å²) in [6.45, 7) is 3.88. The number of thiocarbonyl (C=S) groups is 1. The maximum atomic E-state index is 12.4. The molecule has 0 aliphatic heterocycles. The molecule has 3 N–H and O–H groups in total. The molecule has 0 heterocycles.